The Bertz CT molecular complexity index is 1150. The Labute approximate surface area is 202 Å². The van der Waals surface area contributed by atoms with Crippen LogP contribution in [-0.4, -0.2) is 45.7 Å². The van der Waals surface area contributed by atoms with E-state index in [0.717, 1.165) is 72.1 Å². The Morgan fingerprint density at radius 3 is 2.65 bits per heavy atom. The van der Waals surface area contributed by atoms with Gasteiger partial charge in [-0.15, -0.1) is 0 Å². The highest BCUT2D eigenvalue weighted by Crippen LogP contribution is 2.29. The molecule has 1 unspecified atom stereocenters. The molecule has 1 atom stereocenters. The van der Waals surface area contributed by atoms with Gasteiger partial charge in [0, 0.05) is 42.0 Å². The number of Topliss-reactive ketones (excluding diaryl/α,β-unsaturated/α-hetero) is 1. The van der Waals surface area contributed by atoms with Crippen LogP contribution in [0.1, 0.15) is 56.0 Å². The van der Waals surface area contributed by atoms with E-state index >= 15 is 0 Å². The molecule has 0 amide bonds. The molecule has 3 heterocycles. The van der Waals surface area contributed by atoms with Crippen molar-refractivity contribution < 1.29 is 9.53 Å². The maximum atomic E-state index is 13.4. The first-order valence-electron chi connectivity index (χ1n) is 12.1. The van der Waals surface area contributed by atoms with E-state index in [2.05, 4.69) is 40.8 Å². The van der Waals surface area contributed by atoms with E-state index in [9.17, 15) is 4.79 Å². The zero-order chi connectivity index (χ0) is 24.2. The molecule has 2 aromatic heterocycles. The van der Waals surface area contributed by atoms with E-state index in [0.29, 0.717) is 6.54 Å². The smallest absolute Gasteiger partial charge is 0.157 e. The number of aryl methyl sites for hydroxylation is 2. The van der Waals surface area contributed by atoms with Gasteiger partial charge in [0.15, 0.2) is 5.78 Å². The second-order valence-corrected chi connectivity index (χ2v) is 9.55. The van der Waals surface area contributed by atoms with E-state index < -0.39 is 0 Å². The summed E-state index contributed by atoms with van der Waals surface area (Å²) in [5, 5.41) is 4.86. The fourth-order valence-electron chi connectivity index (χ4n) is 4.74. The molecular formula is C27H35N5O2. The van der Waals surface area contributed by atoms with Crippen LogP contribution in [0.5, 0.6) is 5.75 Å². The highest BCUT2D eigenvalue weighted by Gasteiger charge is 2.25. The maximum absolute atomic E-state index is 13.4. The van der Waals surface area contributed by atoms with Gasteiger partial charge in [-0.05, 0) is 68.9 Å². The van der Waals surface area contributed by atoms with Crippen molar-refractivity contribution in [2.75, 3.05) is 25.1 Å². The van der Waals surface area contributed by atoms with E-state index in [1.165, 1.54) is 0 Å². The normalized spacial score (nSPS) is 16.5. The number of ketones is 1. The van der Waals surface area contributed by atoms with Gasteiger partial charge in [-0.1, -0.05) is 13.8 Å². The second kappa shape index (κ2) is 10.4. The van der Waals surface area contributed by atoms with Gasteiger partial charge in [0.25, 0.3) is 0 Å². The molecule has 34 heavy (non-hydrogen) atoms. The standard InChI is InChI=1S/C27H35N5O2/c1-18(2)24-15-23(22-8-9-26(34-5)19(3)13-22)30-32(24)16-25(33)21-7-6-11-31(12-10-21)27-14-20(4)28-17-29-27/h8-9,13-15,17-18,21H,6-7,10-12,16H2,1-5H3. The van der Waals surface area contributed by atoms with Crippen molar-refractivity contribution in [1.29, 1.82) is 0 Å². The number of rotatable bonds is 7. The molecule has 180 valence electrons. The molecule has 0 spiro atoms. The van der Waals surface area contributed by atoms with Gasteiger partial charge in [0.2, 0.25) is 0 Å². The highest BCUT2D eigenvalue weighted by molar-refractivity contribution is 5.81. The van der Waals surface area contributed by atoms with Crippen LogP contribution < -0.4 is 9.64 Å². The zero-order valence-corrected chi connectivity index (χ0v) is 20.9. The van der Waals surface area contributed by atoms with Crippen LogP contribution in [0.4, 0.5) is 5.82 Å². The van der Waals surface area contributed by atoms with Gasteiger partial charge >= 0.3 is 0 Å². The van der Waals surface area contributed by atoms with Crippen LogP contribution in [0.2, 0.25) is 0 Å². The molecule has 7 heteroatoms. The highest BCUT2D eigenvalue weighted by atomic mass is 16.5. The van der Waals surface area contributed by atoms with E-state index in [1.807, 2.05) is 36.7 Å². The van der Waals surface area contributed by atoms with Gasteiger partial charge < -0.3 is 9.64 Å². The van der Waals surface area contributed by atoms with Crippen molar-refractivity contribution >= 4 is 11.6 Å². The van der Waals surface area contributed by atoms with Crippen molar-refractivity contribution in [3.8, 4) is 17.0 Å². The summed E-state index contributed by atoms with van der Waals surface area (Å²) in [5.74, 6) is 2.40. The second-order valence-electron chi connectivity index (χ2n) is 9.55. The van der Waals surface area contributed by atoms with Crippen molar-refractivity contribution in [3.63, 3.8) is 0 Å². The number of benzene rings is 1. The Kier molecular flexibility index (Phi) is 7.29. The molecule has 0 N–H and O–H groups in total. The zero-order valence-electron chi connectivity index (χ0n) is 20.9. The minimum absolute atomic E-state index is 0.0452. The van der Waals surface area contributed by atoms with E-state index in [-0.39, 0.29) is 17.6 Å². The van der Waals surface area contributed by atoms with E-state index in [1.54, 1.807) is 13.4 Å². The number of carbonyl (C=O) groups is 1. The van der Waals surface area contributed by atoms with Crippen LogP contribution in [0.3, 0.4) is 0 Å². The van der Waals surface area contributed by atoms with Crippen LogP contribution >= 0.6 is 0 Å². The average molecular weight is 462 g/mol. The van der Waals surface area contributed by atoms with Crippen LogP contribution in [-0.2, 0) is 11.3 Å². The first kappa shape index (κ1) is 23.9. The SMILES string of the molecule is COc1ccc(-c2cc(C(C)C)n(CC(=O)C3CCCN(c4cc(C)ncn4)CC3)n2)cc1C. The predicted octanol–water partition coefficient (Wildman–Crippen LogP) is 4.96. The minimum Gasteiger partial charge on any atom is -0.496 e. The molecule has 1 saturated heterocycles. The monoisotopic (exact) mass is 461 g/mol. The van der Waals surface area contributed by atoms with Gasteiger partial charge in [0.1, 0.15) is 24.4 Å². The lowest BCUT2D eigenvalue weighted by Crippen LogP contribution is -2.27. The predicted molar refractivity (Wildman–Crippen MR) is 134 cm³/mol. The van der Waals surface area contributed by atoms with Crippen molar-refractivity contribution in [2.24, 2.45) is 5.92 Å². The summed E-state index contributed by atoms with van der Waals surface area (Å²) in [7, 11) is 1.68. The third kappa shape index (κ3) is 5.29. The molecule has 0 radical (unpaired) electrons. The van der Waals surface area contributed by atoms with Crippen molar-refractivity contribution in [1.82, 2.24) is 19.7 Å². The number of hydrogen-bond acceptors (Lipinski definition) is 6. The molecule has 0 bridgehead atoms. The summed E-state index contributed by atoms with van der Waals surface area (Å²) in [4.78, 5) is 24.3. The average Bonchev–Trinajstić information content (AvgIpc) is 3.07. The maximum Gasteiger partial charge on any atom is 0.157 e. The quantitative estimate of drug-likeness (QED) is 0.495. The molecule has 1 aromatic carbocycles. The number of nitrogens with zero attached hydrogens (tertiary/aromatic N) is 5. The van der Waals surface area contributed by atoms with Gasteiger partial charge in [-0.3, -0.25) is 9.48 Å². The molecule has 1 aliphatic rings. The summed E-state index contributed by atoms with van der Waals surface area (Å²) < 4.78 is 7.31. The lowest BCUT2D eigenvalue weighted by molar-refractivity contribution is -0.124. The number of aromatic nitrogens is 4. The van der Waals surface area contributed by atoms with Gasteiger partial charge in [-0.2, -0.15) is 5.10 Å². The Balaban J connectivity index is 1.48. The molecule has 0 aliphatic carbocycles. The topological polar surface area (TPSA) is 73.1 Å². The Morgan fingerprint density at radius 1 is 1.12 bits per heavy atom. The molecule has 3 aromatic rings. The third-order valence-electron chi connectivity index (χ3n) is 6.70. The van der Waals surface area contributed by atoms with Crippen LogP contribution in [0, 0.1) is 19.8 Å². The number of anilines is 1. The fourth-order valence-corrected chi connectivity index (χ4v) is 4.74. The van der Waals surface area contributed by atoms with E-state index in [4.69, 9.17) is 9.84 Å². The number of methoxy groups -OCH3 is 1. The van der Waals surface area contributed by atoms with Crippen LogP contribution in [0.25, 0.3) is 11.3 Å². The lowest BCUT2D eigenvalue weighted by atomic mass is 9.95. The summed E-state index contributed by atoms with van der Waals surface area (Å²) in [6.45, 7) is 10.4. The Hall–Kier alpha value is -3.22. The van der Waals surface area contributed by atoms with Crippen molar-refractivity contribution in [3.05, 3.63) is 53.6 Å². The molecule has 7 nitrogen and oxygen atoms in total. The molecular weight excluding hydrogens is 426 g/mol. The first-order chi connectivity index (χ1) is 16.4. The molecule has 0 saturated carbocycles. The van der Waals surface area contributed by atoms with Crippen molar-refractivity contribution in [2.45, 2.75) is 59.4 Å². The third-order valence-corrected chi connectivity index (χ3v) is 6.70. The summed E-state index contributed by atoms with van der Waals surface area (Å²) in [6.07, 6.45) is 4.34. The molecule has 4 rings (SSSR count). The summed E-state index contributed by atoms with van der Waals surface area (Å²) >= 11 is 0. The summed E-state index contributed by atoms with van der Waals surface area (Å²) in [5.41, 5.74) is 5.05. The van der Waals surface area contributed by atoms with Gasteiger partial charge in [0.05, 0.1) is 12.8 Å². The number of hydrogen-bond donors (Lipinski definition) is 0. The van der Waals surface area contributed by atoms with Crippen LogP contribution in [0.15, 0.2) is 36.7 Å². The molecule has 1 aliphatic heterocycles. The number of carbonyl (C=O) groups excluding carboxylic acids is 1. The fraction of sp³-hybridized carbons (Fsp3) is 0.481. The number of ether oxygens (including phenoxy) is 1. The summed E-state index contributed by atoms with van der Waals surface area (Å²) in [6, 6.07) is 10.2. The largest absolute Gasteiger partial charge is 0.496 e. The Morgan fingerprint density at radius 2 is 1.94 bits per heavy atom. The van der Waals surface area contributed by atoms with Gasteiger partial charge in [-0.25, -0.2) is 9.97 Å². The first-order valence-corrected chi connectivity index (χ1v) is 12.1. The minimum atomic E-state index is 0.0452. The molecule has 1 fully saturated rings. The lowest BCUT2D eigenvalue weighted by Gasteiger charge is -2.21.